The molecule has 26 heavy (non-hydrogen) atoms. The Morgan fingerprint density at radius 1 is 1.19 bits per heavy atom. The molecule has 0 radical (unpaired) electrons. The number of hydrogen-bond acceptors (Lipinski definition) is 4. The number of amides is 2. The highest BCUT2D eigenvalue weighted by Gasteiger charge is 2.33. The molecule has 6 nitrogen and oxygen atoms in total. The van der Waals surface area contributed by atoms with Gasteiger partial charge in [-0.15, -0.1) is 0 Å². The van der Waals surface area contributed by atoms with Crippen LogP contribution in [0.3, 0.4) is 0 Å². The van der Waals surface area contributed by atoms with Crippen LogP contribution >= 0.6 is 0 Å². The molecule has 1 unspecified atom stereocenters. The number of carbonyl (C=O) groups excluding carboxylic acids is 2. The molecule has 1 N–H and O–H groups in total. The molecule has 1 saturated heterocycles. The van der Waals surface area contributed by atoms with E-state index >= 15 is 0 Å². The van der Waals surface area contributed by atoms with Crippen molar-refractivity contribution >= 4 is 11.8 Å². The van der Waals surface area contributed by atoms with Gasteiger partial charge in [0.05, 0.1) is 13.0 Å². The van der Waals surface area contributed by atoms with E-state index in [1.807, 2.05) is 36.4 Å². The fourth-order valence-electron chi connectivity index (χ4n) is 3.05. The number of nitrogens with zero attached hydrogens (tertiary/aromatic N) is 2. The van der Waals surface area contributed by atoms with Crippen LogP contribution in [0.4, 0.5) is 0 Å². The summed E-state index contributed by atoms with van der Waals surface area (Å²) in [6.45, 7) is 1.56. The highest BCUT2D eigenvalue weighted by Crippen LogP contribution is 2.19. The van der Waals surface area contributed by atoms with Crippen molar-refractivity contribution in [2.24, 2.45) is 5.92 Å². The van der Waals surface area contributed by atoms with E-state index in [1.54, 1.807) is 24.4 Å². The number of ether oxygens (including phenoxy) is 1. The summed E-state index contributed by atoms with van der Waals surface area (Å²) < 4.78 is 5.15. The summed E-state index contributed by atoms with van der Waals surface area (Å²) in [6, 6.07) is 11.5. The monoisotopic (exact) mass is 353 g/mol. The second kappa shape index (κ2) is 8.47. The molecule has 1 atom stereocenters. The maximum absolute atomic E-state index is 12.3. The van der Waals surface area contributed by atoms with Crippen LogP contribution < -0.4 is 10.1 Å². The Morgan fingerprint density at radius 3 is 2.62 bits per heavy atom. The van der Waals surface area contributed by atoms with Crippen molar-refractivity contribution in [1.29, 1.82) is 0 Å². The molecule has 0 spiro atoms. The van der Waals surface area contributed by atoms with Gasteiger partial charge in [0.2, 0.25) is 11.8 Å². The first-order valence-electron chi connectivity index (χ1n) is 8.73. The van der Waals surface area contributed by atoms with Crippen LogP contribution in [0.5, 0.6) is 5.75 Å². The number of hydrogen-bond donors (Lipinski definition) is 1. The standard InChI is InChI=1S/C20H23N3O3/c1-26-18-4-2-15(3-5-18)8-11-23-14-17(12-19(23)24)20(25)22-13-16-6-9-21-10-7-16/h2-7,9-10,17H,8,11-14H2,1H3,(H,22,25). The molecule has 1 aromatic heterocycles. The van der Waals surface area contributed by atoms with Crippen molar-refractivity contribution in [2.45, 2.75) is 19.4 Å². The number of carbonyl (C=O) groups is 2. The molecule has 1 aliphatic rings. The lowest BCUT2D eigenvalue weighted by Crippen LogP contribution is -2.33. The SMILES string of the molecule is COc1ccc(CCN2CC(C(=O)NCc3ccncc3)CC2=O)cc1. The van der Waals surface area contributed by atoms with E-state index < -0.39 is 0 Å². The minimum Gasteiger partial charge on any atom is -0.497 e. The topological polar surface area (TPSA) is 71.5 Å². The highest BCUT2D eigenvalue weighted by atomic mass is 16.5. The van der Waals surface area contributed by atoms with Crippen molar-refractivity contribution in [3.8, 4) is 5.75 Å². The average Bonchev–Trinajstić information content (AvgIpc) is 3.06. The maximum atomic E-state index is 12.3. The quantitative estimate of drug-likeness (QED) is 0.824. The van der Waals surface area contributed by atoms with Gasteiger partial charge in [0.15, 0.2) is 0 Å². The molecular weight excluding hydrogens is 330 g/mol. The first kappa shape index (κ1) is 17.9. The van der Waals surface area contributed by atoms with E-state index in [4.69, 9.17) is 4.74 Å². The van der Waals surface area contributed by atoms with Crippen LogP contribution in [0.1, 0.15) is 17.5 Å². The summed E-state index contributed by atoms with van der Waals surface area (Å²) in [6.07, 6.45) is 4.44. The lowest BCUT2D eigenvalue weighted by Gasteiger charge is -2.16. The third-order valence-electron chi connectivity index (χ3n) is 4.63. The third-order valence-corrected chi connectivity index (χ3v) is 4.63. The van der Waals surface area contributed by atoms with Crippen molar-refractivity contribution in [3.05, 3.63) is 59.9 Å². The van der Waals surface area contributed by atoms with Gasteiger partial charge in [0, 0.05) is 38.4 Å². The summed E-state index contributed by atoms with van der Waals surface area (Å²) in [5, 5.41) is 2.91. The second-order valence-corrected chi connectivity index (χ2v) is 6.41. The number of likely N-dealkylation sites (tertiary alicyclic amines) is 1. The fourth-order valence-corrected chi connectivity index (χ4v) is 3.05. The number of methoxy groups -OCH3 is 1. The number of benzene rings is 1. The molecule has 136 valence electrons. The Kier molecular flexibility index (Phi) is 5.84. The first-order chi connectivity index (χ1) is 12.7. The first-order valence-corrected chi connectivity index (χ1v) is 8.73. The van der Waals surface area contributed by atoms with E-state index in [0.29, 0.717) is 19.6 Å². The molecule has 1 aliphatic heterocycles. The minimum atomic E-state index is -0.278. The molecule has 1 fully saturated rings. The number of pyridine rings is 1. The molecule has 3 rings (SSSR count). The number of aromatic nitrogens is 1. The molecule has 2 heterocycles. The number of rotatable bonds is 7. The van der Waals surface area contributed by atoms with Crippen molar-refractivity contribution in [1.82, 2.24) is 15.2 Å². The average molecular weight is 353 g/mol. The molecule has 2 aromatic rings. The van der Waals surface area contributed by atoms with Crippen LogP contribution in [-0.4, -0.2) is 41.9 Å². The van der Waals surface area contributed by atoms with Crippen molar-refractivity contribution in [2.75, 3.05) is 20.2 Å². The van der Waals surface area contributed by atoms with Crippen molar-refractivity contribution in [3.63, 3.8) is 0 Å². The highest BCUT2D eigenvalue weighted by molar-refractivity contribution is 5.89. The molecular formula is C20H23N3O3. The third kappa shape index (κ3) is 4.59. The summed E-state index contributed by atoms with van der Waals surface area (Å²) in [7, 11) is 1.64. The Labute approximate surface area is 153 Å². The Balaban J connectivity index is 1.47. The maximum Gasteiger partial charge on any atom is 0.225 e. The zero-order valence-corrected chi connectivity index (χ0v) is 14.9. The zero-order valence-electron chi connectivity index (χ0n) is 14.9. The summed E-state index contributed by atoms with van der Waals surface area (Å²) in [5.74, 6) is 0.516. The second-order valence-electron chi connectivity index (χ2n) is 6.41. The molecule has 0 saturated carbocycles. The van der Waals surface area contributed by atoms with Gasteiger partial charge in [-0.1, -0.05) is 12.1 Å². The van der Waals surface area contributed by atoms with Gasteiger partial charge in [0.1, 0.15) is 5.75 Å². The van der Waals surface area contributed by atoms with Gasteiger partial charge in [-0.2, -0.15) is 0 Å². The predicted molar refractivity (Wildman–Crippen MR) is 97.5 cm³/mol. The lowest BCUT2D eigenvalue weighted by molar-refractivity contribution is -0.129. The zero-order chi connectivity index (χ0) is 18.4. The van der Waals surface area contributed by atoms with Crippen LogP contribution in [0.25, 0.3) is 0 Å². The smallest absolute Gasteiger partial charge is 0.225 e. The van der Waals surface area contributed by atoms with Crippen LogP contribution in [-0.2, 0) is 22.6 Å². The van der Waals surface area contributed by atoms with Gasteiger partial charge < -0.3 is 15.0 Å². The normalized spacial score (nSPS) is 16.6. The van der Waals surface area contributed by atoms with Crippen molar-refractivity contribution < 1.29 is 14.3 Å². The number of nitrogens with one attached hydrogen (secondary N) is 1. The largest absolute Gasteiger partial charge is 0.497 e. The van der Waals surface area contributed by atoms with Gasteiger partial charge in [-0.3, -0.25) is 14.6 Å². The molecule has 0 bridgehead atoms. The van der Waals surface area contributed by atoms with Crippen LogP contribution in [0.2, 0.25) is 0 Å². The summed E-state index contributed by atoms with van der Waals surface area (Å²) >= 11 is 0. The minimum absolute atomic E-state index is 0.0440. The van der Waals surface area contributed by atoms with Gasteiger partial charge in [0.25, 0.3) is 0 Å². The van der Waals surface area contributed by atoms with E-state index in [2.05, 4.69) is 10.3 Å². The summed E-state index contributed by atoms with van der Waals surface area (Å²) in [5.41, 5.74) is 2.14. The van der Waals surface area contributed by atoms with Gasteiger partial charge >= 0.3 is 0 Å². The Morgan fingerprint density at radius 2 is 1.92 bits per heavy atom. The predicted octanol–water partition coefficient (Wildman–Crippen LogP) is 1.80. The summed E-state index contributed by atoms with van der Waals surface area (Å²) in [4.78, 5) is 30.3. The van der Waals surface area contributed by atoms with E-state index in [-0.39, 0.29) is 24.2 Å². The molecule has 6 heteroatoms. The fraction of sp³-hybridized carbons (Fsp3) is 0.350. The van der Waals surface area contributed by atoms with E-state index in [0.717, 1.165) is 23.3 Å². The lowest BCUT2D eigenvalue weighted by atomic mass is 10.1. The molecule has 0 aliphatic carbocycles. The van der Waals surface area contributed by atoms with Gasteiger partial charge in [-0.25, -0.2) is 0 Å². The Bertz CT molecular complexity index is 747. The van der Waals surface area contributed by atoms with E-state index in [9.17, 15) is 9.59 Å². The van der Waals surface area contributed by atoms with E-state index in [1.165, 1.54) is 0 Å². The Hall–Kier alpha value is -2.89. The van der Waals surface area contributed by atoms with Crippen LogP contribution in [0.15, 0.2) is 48.8 Å². The van der Waals surface area contributed by atoms with Gasteiger partial charge in [-0.05, 0) is 41.8 Å². The molecule has 1 aromatic carbocycles. The van der Waals surface area contributed by atoms with Crippen LogP contribution in [0, 0.1) is 5.92 Å². The molecule has 2 amide bonds.